The number of amides is 6. The first-order valence-corrected chi connectivity index (χ1v) is 26.3. The number of alkyl carbamates (subject to hydrolysis) is 1. The highest BCUT2D eigenvalue weighted by atomic mass is 28.3. The highest BCUT2D eigenvalue weighted by Gasteiger charge is 2.41. The van der Waals surface area contributed by atoms with Crippen LogP contribution in [0.15, 0.2) is 60.7 Å². The molecule has 0 spiro atoms. The van der Waals surface area contributed by atoms with E-state index in [-0.39, 0.29) is 43.5 Å². The fourth-order valence-electron chi connectivity index (χ4n) is 6.27. The first-order chi connectivity index (χ1) is 31.7. The molecule has 2 aromatic carbocycles. The minimum Gasteiger partial charge on any atom is -0.464 e. The molecule has 378 valence electrons. The van der Waals surface area contributed by atoms with Crippen LogP contribution in [0.4, 0.5) is 4.79 Å². The number of carbonyl (C=O) groups is 8. The second-order valence-electron chi connectivity index (χ2n) is 19.4. The van der Waals surface area contributed by atoms with Crippen molar-refractivity contribution in [3.05, 3.63) is 71.8 Å². The Kier molecular flexibility index (Phi) is 23.8. The summed E-state index contributed by atoms with van der Waals surface area (Å²) >= 11 is 0. The van der Waals surface area contributed by atoms with Crippen molar-refractivity contribution >= 4 is 55.6 Å². The molecule has 0 aliphatic heterocycles. The van der Waals surface area contributed by atoms with Gasteiger partial charge in [0.05, 0.1) is 25.4 Å². The number of hydrogen-bond donors (Lipinski definition) is 8. The Hall–Kier alpha value is -5.90. The Morgan fingerprint density at radius 1 is 0.676 bits per heavy atom. The molecule has 0 aromatic heterocycles. The van der Waals surface area contributed by atoms with Crippen molar-refractivity contribution in [1.82, 2.24) is 26.6 Å². The lowest BCUT2D eigenvalue weighted by Gasteiger charge is -2.32. The SMILES string of the molecule is CC(C)C[C@H](NC(=O)[C@@H](CC(C)C)NC(=O)OCc1ccccc1)C(=O)N[C@H](C(=O)OCC[Si](C)(C)C)[C@H](OC(=O)[C@H](COC(C)(C)C)NC(=O)[C@@H](NC(=O)CN)[C@H](O)C(N)=O)c1ccccc1. The number of rotatable bonds is 27. The smallest absolute Gasteiger partial charge is 0.408 e. The number of hydrogen-bond acceptors (Lipinski definition) is 14. The van der Waals surface area contributed by atoms with Crippen LogP contribution < -0.4 is 38.1 Å². The van der Waals surface area contributed by atoms with E-state index in [1.165, 1.54) is 12.1 Å². The van der Waals surface area contributed by atoms with Crippen molar-refractivity contribution in [3.63, 3.8) is 0 Å². The summed E-state index contributed by atoms with van der Waals surface area (Å²) in [6.07, 6.45) is -4.52. The monoisotopic (exact) mass is 972 g/mol. The summed E-state index contributed by atoms with van der Waals surface area (Å²) in [5, 5.41) is 23.0. The van der Waals surface area contributed by atoms with Crippen LogP contribution in [0.3, 0.4) is 0 Å². The van der Waals surface area contributed by atoms with Gasteiger partial charge in [-0.25, -0.2) is 14.4 Å². The molecule has 68 heavy (non-hydrogen) atoms. The molecule has 0 fully saturated rings. The summed E-state index contributed by atoms with van der Waals surface area (Å²) in [6.45, 7) is 17.3. The van der Waals surface area contributed by atoms with E-state index in [0.717, 1.165) is 5.56 Å². The molecule has 2 aromatic rings. The zero-order valence-corrected chi connectivity index (χ0v) is 41.9. The summed E-state index contributed by atoms with van der Waals surface area (Å²) in [5.41, 5.74) is 10.7. The molecule has 0 radical (unpaired) electrons. The van der Waals surface area contributed by atoms with Gasteiger partial charge in [-0.1, -0.05) is 108 Å². The first-order valence-electron chi connectivity index (χ1n) is 22.6. The van der Waals surface area contributed by atoms with E-state index in [2.05, 4.69) is 46.2 Å². The van der Waals surface area contributed by atoms with Gasteiger partial charge in [0.15, 0.2) is 24.3 Å². The Bertz CT molecular complexity index is 1980. The second kappa shape index (κ2) is 27.8. The van der Waals surface area contributed by atoms with E-state index in [0.29, 0.717) is 6.04 Å². The molecule has 7 atom stereocenters. The molecule has 2 rings (SSSR count). The van der Waals surface area contributed by atoms with Crippen LogP contribution in [0.2, 0.25) is 25.7 Å². The highest BCUT2D eigenvalue weighted by Crippen LogP contribution is 2.25. The van der Waals surface area contributed by atoms with Gasteiger partial charge >= 0.3 is 18.0 Å². The van der Waals surface area contributed by atoms with Gasteiger partial charge in [-0.05, 0) is 62.6 Å². The van der Waals surface area contributed by atoms with E-state index >= 15 is 0 Å². The van der Waals surface area contributed by atoms with E-state index in [1.54, 1.807) is 63.2 Å². The zero-order valence-electron chi connectivity index (χ0n) is 40.9. The summed E-state index contributed by atoms with van der Waals surface area (Å²) in [7, 11) is -1.78. The van der Waals surface area contributed by atoms with Gasteiger partial charge in [0, 0.05) is 8.07 Å². The summed E-state index contributed by atoms with van der Waals surface area (Å²) < 4.78 is 23.0. The van der Waals surface area contributed by atoms with Gasteiger partial charge in [-0.2, -0.15) is 0 Å². The van der Waals surface area contributed by atoms with Crippen LogP contribution in [-0.2, 0) is 59.1 Å². The predicted octanol–water partition coefficient (Wildman–Crippen LogP) is 2.10. The van der Waals surface area contributed by atoms with Crippen LogP contribution >= 0.6 is 0 Å². The van der Waals surface area contributed by atoms with Gasteiger partial charge in [-0.3, -0.25) is 24.0 Å². The molecule has 0 bridgehead atoms. The lowest BCUT2D eigenvalue weighted by Crippen LogP contribution is -2.61. The number of nitrogens with two attached hydrogens (primary N) is 2. The molecule has 0 unspecified atom stereocenters. The normalized spacial score (nSPS) is 14.7. The summed E-state index contributed by atoms with van der Waals surface area (Å²) in [6, 6.07) is 9.47. The third-order valence-corrected chi connectivity index (χ3v) is 11.6. The van der Waals surface area contributed by atoms with E-state index < -0.39 is 117 Å². The van der Waals surface area contributed by atoms with Crippen molar-refractivity contribution in [2.45, 2.75) is 142 Å². The lowest BCUT2D eigenvalue weighted by molar-refractivity contribution is -0.165. The summed E-state index contributed by atoms with van der Waals surface area (Å²) in [5.74, 6) is -7.59. The molecule has 6 amide bonds. The maximum absolute atomic E-state index is 14.5. The van der Waals surface area contributed by atoms with Gasteiger partial charge in [-0.15, -0.1) is 0 Å². The minimum atomic E-state index is -2.25. The van der Waals surface area contributed by atoms with Crippen LogP contribution in [0, 0.1) is 11.8 Å². The van der Waals surface area contributed by atoms with Crippen molar-refractivity contribution in [2.75, 3.05) is 19.8 Å². The van der Waals surface area contributed by atoms with Crippen molar-refractivity contribution < 1.29 is 62.4 Å². The number of carbonyl (C=O) groups excluding carboxylic acids is 8. The van der Waals surface area contributed by atoms with Gasteiger partial charge in [0.1, 0.15) is 24.7 Å². The molecule has 0 aliphatic rings. The van der Waals surface area contributed by atoms with Crippen molar-refractivity contribution in [3.8, 4) is 0 Å². The number of benzene rings is 2. The van der Waals surface area contributed by atoms with Gasteiger partial charge in [0.25, 0.3) is 0 Å². The van der Waals surface area contributed by atoms with Crippen LogP contribution in [0.5, 0.6) is 0 Å². The topological polar surface area (TPSA) is 306 Å². The average Bonchev–Trinajstić information content (AvgIpc) is 3.25. The number of esters is 2. The number of aliphatic hydroxyl groups is 1. The lowest BCUT2D eigenvalue weighted by atomic mass is 9.98. The Morgan fingerprint density at radius 2 is 1.21 bits per heavy atom. The van der Waals surface area contributed by atoms with Gasteiger partial charge in [0.2, 0.25) is 29.5 Å². The van der Waals surface area contributed by atoms with Crippen LogP contribution in [0.1, 0.15) is 78.5 Å². The number of aliphatic hydroxyl groups excluding tert-OH is 1. The Balaban J connectivity index is 2.63. The fourth-order valence-corrected chi connectivity index (χ4v) is 6.99. The fraction of sp³-hybridized carbons (Fsp3) is 0.574. The molecule has 0 aliphatic carbocycles. The molecule has 0 saturated carbocycles. The maximum atomic E-state index is 14.5. The van der Waals surface area contributed by atoms with Crippen molar-refractivity contribution in [2.24, 2.45) is 23.3 Å². The molecule has 0 saturated heterocycles. The molecule has 20 nitrogen and oxygen atoms in total. The van der Waals surface area contributed by atoms with Gasteiger partial charge < -0.3 is 62.1 Å². The maximum Gasteiger partial charge on any atom is 0.408 e. The third kappa shape index (κ3) is 21.8. The highest BCUT2D eigenvalue weighted by molar-refractivity contribution is 6.76. The Labute approximate surface area is 400 Å². The summed E-state index contributed by atoms with van der Waals surface area (Å²) in [4.78, 5) is 108. The third-order valence-electron chi connectivity index (χ3n) is 9.87. The van der Waals surface area contributed by atoms with Crippen LogP contribution in [-0.4, -0.2) is 122 Å². The standard InChI is InChI=1S/C47H73N7O13Si/c1-28(2)23-32(50-41(58)33(24-29(3)4)52-46(63)65-26-30-17-13-11-14-18-30)42(59)54-37(45(62)64-21-22-68(8,9)10)39(31-19-15-12-16-20-31)67-44(61)34(27-66-47(5,6)7)51-43(60)36(38(56)40(49)57)53-35(55)25-48/h11-20,28-29,32-34,36-39,56H,21-27,48H2,1-10H3,(H2,49,57)(H,50,58)(H,51,60)(H,52,63)(H,53,55)(H,54,59)/t32-,33+,34-,36-,37-,38-,39+/m0/s1. The number of nitrogens with one attached hydrogen (secondary N) is 5. The van der Waals surface area contributed by atoms with E-state index in [4.69, 9.17) is 30.4 Å². The quantitative estimate of drug-likeness (QED) is 0.0362. The minimum absolute atomic E-state index is 0.0400. The Morgan fingerprint density at radius 3 is 1.72 bits per heavy atom. The molecule has 0 heterocycles. The van der Waals surface area contributed by atoms with Crippen molar-refractivity contribution in [1.29, 1.82) is 0 Å². The molecular formula is C47H73N7O13Si. The van der Waals surface area contributed by atoms with E-state index in [1.807, 2.05) is 33.8 Å². The first kappa shape index (κ1) is 58.2. The second-order valence-corrected chi connectivity index (χ2v) is 25.0. The average molecular weight is 972 g/mol. The molecular weight excluding hydrogens is 899 g/mol. The largest absolute Gasteiger partial charge is 0.464 e. The molecule has 10 N–H and O–H groups in total. The zero-order chi connectivity index (χ0) is 51.4. The number of ether oxygens (including phenoxy) is 4. The number of primary amides is 1. The molecule has 21 heteroatoms. The van der Waals surface area contributed by atoms with E-state index in [9.17, 15) is 43.5 Å². The van der Waals surface area contributed by atoms with Crippen LogP contribution in [0.25, 0.3) is 0 Å². The predicted molar refractivity (Wildman–Crippen MR) is 255 cm³/mol.